The number of carbonyl (C=O) groups is 1. The van der Waals surface area contributed by atoms with Gasteiger partial charge in [0.15, 0.2) is 0 Å². The van der Waals surface area contributed by atoms with Crippen molar-refractivity contribution in [3.8, 4) is 6.07 Å². The third-order valence-electron chi connectivity index (χ3n) is 2.97. The Hall–Kier alpha value is -1.08. The van der Waals surface area contributed by atoms with Crippen molar-refractivity contribution >= 4 is 5.91 Å². The molecule has 1 heterocycles. The summed E-state index contributed by atoms with van der Waals surface area (Å²) >= 11 is 0. The number of nitrogens with one attached hydrogen (secondary N) is 2. The van der Waals surface area contributed by atoms with E-state index in [1.54, 1.807) is 0 Å². The molecule has 4 nitrogen and oxygen atoms in total. The number of nitrogens with zero attached hydrogens (tertiary/aromatic N) is 1. The van der Waals surface area contributed by atoms with Gasteiger partial charge in [-0.15, -0.1) is 0 Å². The summed E-state index contributed by atoms with van der Waals surface area (Å²) < 4.78 is 0. The Morgan fingerprint density at radius 1 is 1.56 bits per heavy atom. The number of amides is 1. The second-order valence-electron chi connectivity index (χ2n) is 4.36. The Morgan fingerprint density at radius 3 is 3.12 bits per heavy atom. The van der Waals surface area contributed by atoms with Crippen LogP contribution in [0.2, 0.25) is 0 Å². The van der Waals surface area contributed by atoms with Gasteiger partial charge in [-0.1, -0.05) is 0 Å². The minimum atomic E-state index is 0.128. The summed E-state index contributed by atoms with van der Waals surface area (Å²) in [5.41, 5.74) is 0. The molecule has 1 aliphatic rings. The molecule has 1 rings (SSSR count). The van der Waals surface area contributed by atoms with Crippen molar-refractivity contribution < 1.29 is 4.79 Å². The molecule has 0 bridgehead atoms. The highest BCUT2D eigenvalue weighted by molar-refractivity contribution is 5.75. The Bertz CT molecular complexity index is 241. The molecule has 1 atom stereocenters. The first-order valence-electron chi connectivity index (χ1n) is 6.17. The van der Waals surface area contributed by atoms with Crippen LogP contribution in [-0.2, 0) is 4.79 Å². The van der Waals surface area contributed by atoms with Gasteiger partial charge in [0, 0.05) is 19.4 Å². The van der Waals surface area contributed by atoms with Gasteiger partial charge in [0.2, 0.25) is 5.91 Å². The predicted octanol–water partition coefficient (Wildman–Crippen LogP) is 1.19. The van der Waals surface area contributed by atoms with Crippen LogP contribution in [0.1, 0.15) is 38.5 Å². The topological polar surface area (TPSA) is 64.9 Å². The lowest BCUT2D eigenvalue weighted by Gasteiger charge is -2.22. The average Bonchev–Trinajstić information content (AvgIpc) is 2.33. The molecule has 0 aliphatic carbocycles. The number of nitriles is 1. The van der Waals surface area contributed by atoms with E-state index in [1.165, 1.54) is 12.8 Å². The van der Waals surface area contributed by atoms with E-state index in [2.05, 4.69) is 16.7 Å². The molecule has 0 spiro atoms. The van der Waals surface area contributed by atoms with Crippen molar-refractivity contribution in [1.29, 1.82) is 5.26 Å². The molecular weight excluding hydrogens is 202 g/mol. The molecule has 4 heteroatoms. The van der Waals surface area contributed by atoms with Crippen LogP contribution < -0.4 is 10.6 Å². The molecule has 2 N–H and O–H groups in total. The molecule has 0 saturated carbocycles. The molecule has 1 aliphatic heterocycles. The van der Waals surface area contributed by atoms with Crippen molar-refractivity contribution in [2.75, 3.05) is 19.6 Å². The van der Waals surface area contributed by atoms with Crippen LogP contribution in [0.5, 0.6) is 0 Å². The molecule has 1 fully saturated rings. The molecule has 0 aromatic carbocycles. The fourth-order valence-corrected chi connectivity index (χ4v) is 1.99. The SMILES string of the molecule is N#CCCCNC(=O)CCC1CCCNC1. The maximum atomic E-state index is 11.4. The normalized spacial score (nSPS) is 20.1. The fourth-order valence-electron chi connectivity index (χ4n) is 1.99. The molecule has 1 saturated heterocycles. The van der Waals surface area contributed by atoms with Crippen LogP contribution in [-0.4, -0.2) is 25.5 Å². The summed E-state index contributed by atoms with van der Waals surface area (Å²) in [6.07, 6.45) is 5.36. The standard InChI is InChI=1S/C12H21N3O/c13-7-1-2-9-15-12(16)6-5-11-4-3-8-14-10-11/h11,14H,1-6,8-10H2,(H,15,16). The molecule has 1 amide bonds. The summed E-state index contributed by atoms with van der Waals surface area (Å²) in [6, 6.07) is 2.07. The predicted molar refractivity (Wildman–Crippen MR) is 62.7 cm³/mol. The first-order valence-corrected chi connectivity index (χ1v) is 6.17. The van der Waals surface area contributed by atoms with Crippen molar-refractivity contribution in [2.45, 2.75) is 38.5 Å². The maximum absolute atomic E-state index is 11.4. The van der Waals surface area contributed by atoms with Crippen LogP contribution in [0.15, 0.2) is 0 Å². The summed E-state index contributed by atoms with van der Waals surface area (Å²) in [5.74, 6) is 0.794. The van der Waals surface area contributed by atoms with Crippen LogP contribution in [0.3, 0.4) is 0 Å². The average molecular weight is 223 g/mol. The van der Waals surface area contributed by atoms with E-state index in [4.69, 9.17) is 5.26 Å². The van der Waals surface area contributed by atoms with Crippen LogP contribution in [0, 0.1) is 17.2 Å². The number of unbranched alkanes of at least 4 members (excludes halogenated alkanes) is 1. The molecule has 0 radical (unpaired) electrons. The zero-order chi connectivity index (χ0) is 11.6. The van der Waals surface area contributed by atoms with Crippen molar-refractivity contribution in [2.24, 2.45) is 5.92 Å². The van der Waals surface area contributed by atoms with Crippen molar-refractivity contribution in [3.05, 3.63) is 0 Å². The minimum Gasteiger partial charge on any atom is -0.356 e. The third-order valence-corrected chi connectivity index (χ3v) is 2.97. The molecule has 16 heavy (non-hydrogen) atoms. The highest BCUT2D eigenvalue weighted by Gasteiger charge is 2.13. The Labute approximate surface area is 97.4 Å². The lowest BCUT2D eigenvalue weighted by molar-refractivity contribution is -0.121. The van der Waals surface area contributed by atoms with Gasteiger partial charge >= 0.3 is 0 Å². The summed E-state index contributed by atoms with van der Waals surface area (Å²) in [4.78, 5) is 11.4. The lowest BCUT2D eigenvalue weighted by atomic mass is 9.94. The Balaban J connectivity index is 1.99. The number of piperidine rings is 1. The molecule has 0 aromatic rings. The highest BCUT2D eigenvalue weighted by atomic mass is 16.1. The maximum Gasteiger partial charge on any atom is 0.220 e. The van der Waals surface area contributed by atoms with E-state index in [9.17, 15) is 4.79 Å². The second-order valence-corrected chi connectivity index (χ2v) is 4.36. The molecule has 90 valence electrons. The number of hydrogen-bond acceptors (Lipinski definition) is 3. The third kappa shape index (κ3) is 5.72. The van der Waals surface area contributed by atoms with Gasteiger partial charge in [0.05, 0.1) is 6.07 Å². The summed E-state index contributed by atoms with van der Waals surface area (Å²) in [7, 11) is 0. The quantitative estimate of drug-likeness (QED) is 0.665. The van der Waals surface area contributed by atoms with Crippen molar-refractivity contribution in [3.63, 3.8) is 0 Å². The number of carbonyl (C=O) groups excluding carboxylic acids is 1. The van der Waals surface area contributed by atoms with Gasteiger partial charge in [0.1, 0.15) is 0 Å². The number of hydrogen-bond donors (Lipinski definition) is 2. The second kappa shape index (κ2) is 8.12. The van der Waals surface area contributed by atoms with Gasteiger partial charge < -0.3 is 10.6 Å². The van der Waals surface area contributed by atoms with Gasteiger partial charge in [-0.3, -0.25) is 4.79 Å². The first kappa shape index (κ1) is 13.0. The molecule has 1 unspecified atom stereocenters. The van der Waals surface area contributed by atoms with E-state index < -0.39 is 0 Å². The van der Waals surface area contributed by atoms with E-state index >= 15 is 0 Å². The van der Waals surface area contributed by atoms with Crippen molar-refractivity contribution in [1.82, 2.24) is 10.6 Å². The summed E-state index contributed by atoms with van der Waals surface area (Å²) in [6.45, 7) is 2.81. The summed E-state index contributed by atoms with van der Waals surface area (Å²) in [5, 5.41) is 14.5. The Kier molecular flexibility index (Phi) is 6.59. The van der Waals surface area contributed by atoms with Gasteiger partial charge in [-0.05, 0) is 44.7 Å². The zero-order valence-electron chi connectivity index (χ0n) is 9.80. The fraction of sp³-hybridized carbons (Fsp3) is 0.833. The monoisotopic (exact) mass is 223 g/mol. The van der Waals surface area contributed by atoms with Gasteiger partial charge in [-0.25, -0.2) is 0 Å². The highest BCUT2D eigenvalue weighted by Crippen LogP contribution is 2.15. The zero-order valence-corrected chi connectivity index (χ0v) is 9.80. The van der Waals surface area contributed by atoms with Gasteiger partial charge in [0.25, 0.3) is 0 Å². The first-order chi connectivity index (χ1) is 7.83. The molecule has 0 aromatic heterocycles. The van der Waals surface area contributed by atoms with E-state index in [-0.39, 0.29) is 5.91 Å². The number of rotatable bonds is 6. The minimum absolute atomic E-state index is 0.128. The van der Waals surface area contributed by atoms with Gasteiger partial charge in [-0.2, -0.15) is 5.26 Å². The van der Waals surface area contributed by atoms with Crippen LogP contribution >= 0.6 is 0 Å². The smallest absolute Gasteiger partial charge is 0.220 e. The van der Waals surface area contributed by atoms with E-state index in [0.29, 0.717) is 25.3 Å². The van der Waals surface area contributed by atoms with Crippen LogP contribution in [0.4, 0.5) is 0 Å². The lowest BCUT2D eigenvalue weighted by Crippen LogP contribution is -2.31. The Morgan fingerprint density at radius 2 is 2.44 bits per heavy atom. The molecular formula is C12H21N3O. The van der Waals surface area contributed by atoms with E-state index in [0.717, 1.165) is 25.9 Å². The van der Waals surface area contributed by atoms with Crippen LogP contribution in [0.25, 0.3) is 0 Å². The van der Waals surface area contributed by atoms with E-state index in [1.807, 2.05) is 0 Å². The largest absolute Gasteiger partial charge is 0.356 e.